The molecule has 0 aliphatic rings. The van der Waals surface area contributed by atoms with Crippen molar-refractivity contribution in [1.82, 2.24) is 15.1 Å². The molecule has 0 amide bonds. The van der Waals surface area contributed by atoms with Crippen molar-refractivity contribution in [2.75, 3.05) is 0 Å². The van der Waals surface area contributed by atoms with Crippen LogP contribution in [0.1, 0.15) is 51.8 Å². The van der Waals surface area contributed by atoms with Crippen molar-refractivity contribution >= 4 is 0 Å². The minimum absolute atomic E-state index is 0.157. The van der Waals surface area contributed by atoms with Crippen LogP contribution in [-0.2, 0) is 13.6 Å². The smallest absolute Gasteiger partial charge is 0.0694 e. The molecule has 0 aliphatic carbocycles. The van der Waals surface area contributed by atoms with E-state index < -0.39 is 0 Å². The van der Waals surface area contributed by atoms with Crippen molar-refractivity contribution in [2.45, 2.75) is 52.6 Å². The molecule has 0 fully saturated rings. The summed E-state index contributed by atoms with van der Waals surface area (Å²) in [5, 5.41) is 7.98. The van der Waals surface area contributed by atoms with Gasteiger partial charge in [-0.2, -0.15) is 5.10 Å². The fourth-order valence-corrected chi connectivity index (χ4v) is 1.54. The first kappa shape index (κ1) is 12.2. The molecule has 1 aromatic rings. The van der Waals surface area contributed by atoms with Crippen LogP contribution >= 0.6 is 0 Å². The van der Waals surface area contributed by atoms with E-state index in [1.54, 1.807) is 0 Å². The van der Waals surface area contributed by atoms with Gasteiger partial charge in [-0.25, -0.2) is 0 Å². The van der Waals surface area contributed by atoms with E-state index >= 15 is 0 Å². The first-order chi connectivity index (χ1) is 6.79. The average Bonchev–Trinajstić information content (AvgIpc) is 2.42. The predicted octanol–water partition coefficient (Wildman–Crippen LogP) is 2.43. The molecular formula is C12H23N3. The van der Waals surface area contributed by atoms with Crippen LogP contribution < -0.4 is 5.32 Å². The van der Waals surface area contributed by atoms with Crippen LogP contribution in [0.25, 0.3) is 0 Å². The lowest BCUT2D eigenvalue weighted by atomic mass is 10.0. The standard InChI is InChI=1S/C12H23N3/c1-9(2)11-10(8-15(6)14-11)7-13-12(3,4)5/h8-9,13H,7H2,1-6H3. The van der Waals surface area contributed by atoms with Gasteiger partial charge in [0.15, 0.2) is 0 Å². The van der Waals surface area contributed by atoms with E-state index in [0.29, 0.717) is 5.92 Å². The molecule has 0 aromatic carbocycles. The fourth-order valence-electron chi connectivity index (χ4n) is 1.54. The van der Waals surface area contributed by atoms with Crippen molar-refractivity contribution < 1.29 is 0 Å². The fraction of sp³-hybridized carbons (Fsp3) is 0.750. The highest BCUT2D eigenvalue weighted by atomic mass is 15.3. The minimum Gasteiger partial charge on any atom is -0.308 e. The zero-order valence-electron chi connectivity index (χ0n) is 10.8. The first-order valence-corrected chi connectivity index (χ1v) is 5.57. The molecule has 0 spiro atoms. The first-order valence-electron chi connectivity index (χ1n) is 5.57. The number of rotatable bonds is 3. The quantitative estimate of drug-likeness (QED) is 0.828. The van der Waals surface area contributed by atoms with Crippen LogP contribution in [0.3, 0.4) is 0 Å². The summed E-state index contributed by atoms with van der Waals surface area (Å²) in [6.07, 6.45) is 2.11. The van der Waals surface area contributed by atoms with Crippen LogP contribution in [0.2, 0.25) is 0 Å². The van der Waals surface area contributed by atoms with Crippen molar-refractivity contribution in [3.8, 4) is 0 Å². The van der Waals surface area contributed by atoms with Gasteiger partial charge in [0.2, 0.25) is 0 Å². The Hall–Kier alpha value is -0.830. The third-order valence-electron chi connectivity index (χ3n) is 2.29. The van der Waals surface area contributed by atoms with E-state index in [4.69, 9.17) is 0 Å². The molecule has 3 nitrogen and oxygen atoms in total. The van der Waals surface area contributed by atoms with Gasteiger partial charge in [-0.1, -0.05) is 13.8 Å². The lowest BCUT2D eigenvalue weighted by Crippen LogP contribution is -2.35. The second-order valence-electron chi connectivity index (χ2n) is 5.47. The number of hydrogen-bond acceptors (Lipinski definition) is 2. The van der Waals surface area contributed by atoms with Gasteiger partial charge in [-0.3, -0.25) is 4.68 Å². The molecular weight excluding hydrogens is 186 g/mol. The van der Waals surface area contributed by atoms with E-state index in [1.165, 1.54) is 11.3 Å². The van der Waals surface area contributed by atoms with E-state index in [-0.39, 0.29) is 5.54 Å². The number of nitrogens with one attached hydrogen (secondary N) is 1. The lowest BCUT2D eigenvalue weighted by Gasteiger charge is -2.20. The Labute approximate surface area is 92.9 Å². The van der Waals surface area contributed by atoms with Crippen molar-refractivity contribution in [3.63, 3.8) is 0 Å². The van der Waals surface area contributed by atoms with Crippen LogP contribution in [-0.4, -0.2) is 15.3 Å². The molecule has 86 valence electrons. The molecule has 0 unspecified atom stereocenters. The Morgan fingerprint density at radius 3 is 2.47 bits per heavy atom. The van der Waals surface area contributed by atoms with Gasteiger partial charge < -0.3 is 5.32 Å². The normalized spacial score (nSPS) is 12.5. The molecule has 1 rings (SSSR count). The Balaban J connectivity index is 2.76. The highest BCUT2D eigenvalue weighted by Gasteiger charge is 2.14. The summed E-state index contributed by atoms with van der Waals surface area (Å²) in [5.74, 6) is 0.489. The zero-order chi connectivity index (χ0) is 11.6. The maximum Gasteiger partial charge on any atom is 0.0694 e. The Kier molecular flexibility index (Phi) is 3.55. The van der Waals surface area contributed by atoms with Gasteiger partial charge in [0.25, 0.3) is 0 Å². The number of hydrogen-bond donors (Lipinski definition) is 1. The van der Waals surface area contributed by atoms with Gasteiger partial charge in [0.05, 0.1) is 5.69 Å². The van der Waals surface area contributed by atoms with Crippen molar-refractivity contribution in [1.29, 1.82) is 0 Å². The second kappa shape index (κ2) is 4.35. The molecule has 1 heterocycles. The highest BCUT2D eigenvalue weighted by Crippen LogP contribution is 2.17. The molecule has 1 N–H and O–H groups in total. The minimum atomic E-state index is 0.157. The van der Waals surface area contributed by atoms with Crippen LogP contribution in [0.15, 0.2) is 6.20 Å². The monoisotopic (exact) mass is 209 g/mol. The van der Waals surface area contributed by atoms with E-state index in [0.717, 1.165) is 6.54 Å². The molecule has 0 saturated heterocycles. The summed E-state index contributed by atoms with van der Waals surface area (Å²) in [6.45, 7) is 11.8. The summed E-state index contributed by atoms with van der Waals surface area (Å²) in [6, 6.07) is 0. The molecule has 0 atom stereocenters. The van der Waals surface area contributed by atoms with Crippen LogP contribution in [0, 0.1) is 0 Å². The van der Waals surface area contributed by atoms with Crippen molar-refractivity contribution in [2.24, 2.45) is 7.05 Å². The van der Waals surface area contributed by atoms with E-state index in [1.807, 2.05) is 11.7 Å². The maximum absolute atomic E-state index is 4.49. The van der Waals surface area contributed by atoms with Crippen LogP contribution in [0.4, 0.5) is 0 Å². The summed E-state index contributed by atoms with van der Waals surface area (Å²) >= 11 is 0. The van der Waals surface area contributed by atoms with Gasteiger partial charge in [-0.05, 0) is 26.7 Å². The maximum atomic E-state index is 4.49. The average molecular weight is 209 g/mol. The molecule has 0 aliphatic heterocycles. The number of aromatic nitrogens is 2. The summed E-state index contributed by atoms with van der Waals surface area (Å²) in [7, 11) is 1.98. The number of aryl methyl sites for hydroxylation is 1. The van der Waals surface area contributed by atoms with Gasteiger partial charge in [0, 0.05) is 30.9 Å². The van der Waals surface area contributed by atoms with E-state index in [9.17, 15) is 0 Å². The van der Waals surface area contributed by atoms with Gasteiger partial charge >= 0.3 is 0 Å². The zero-order valence-corrected chi connectivity index (χ0v) is 10.8. The van der Waals surface area contributed by atoms with E-state index in [2.05, 4.69) is 51.2 Å². The molecule has 0 radical (unpaired) electrons. The Bertz CT molecular complexity index is 318. The van der Waals surface area contributed by atoms with Crippen LogP contribution in [0.5, 0.6) is 0 Å². The number of nitrogens with zero attached hydrogens (tertiary/aromatic N) is 2. The SMILES string of the molecule is CC(C)c1nn(C)cc1CNC(C)(C)C. The second-order valence-corrected chi connectivity index (χ2v) is 5.47. The third kappa shape index (κ3) is 3.67. The molecule has 3 heteroatoms. The van der Waals surface area contributed by atoms with Crippen molar-refractivity contribution in [3.05, 3.63) is 17.5 Å². The Morgan fingerprint density at radius 2 is 2.00 bits per heavy atom. The van der Waals surface area contributed by atoms with Gasteiger partial charge in [-0.15, -0.1) is 0 Å². The molecule has 0 saturated carbocycles. The summed E-state index contributed by atoms with van der Waals surface area (Å²) in [4.78, 5) is 0. The largest absolute Gasteiger partial charge is 0.308 e. The molecule has 15 heavy (non-hydrogen) atoms. The summed E-state index contributed by atoms with van der Waals surface area (Å²) in [5.41, 5.74) is 2.67. The third-order valence-corrected chi connectivity index (χ3v) is 2.29. The van der Waals surface area contributed by atoms with Gasteiger partial charge in [0.1, 0.15) is 0 Å². The topological polar surface area (TPSA) is 29.9 Å². The molecule has 0 bridgehead atoms. The molecule has 1 aromatic heterocycles. The summed E-state index contributed by atoms with van der Waals surface area (Å²) < 4.78 is 1.90. The predicted molar refractivity (Wildman–Crippen MR) is 63.9 cm³/mol. The lowest BCUT2D eigenvalue weighted by molar-refractivity contribution is 0.423. The highest BCUT2D eigenvalue weighted by molar-refractivity contribution is 5.20. The Morgan fingerprint density at radius 1 is 1.40 bits per heavy atom.